The van der Waals surface area contributed by atoms with E-state index in [4.69, 9.17) is 11.5 Å². The van der Waals surface area contributed by atoms with Gasteiger partial charge in [-0.1, -0.05) is 72.8 Å². The lowest BCUT2D eigenvalue weighted by molar-refractivity contribution is -0.143. The third-order valence-corrected chi connectivity index (χ3v) is 9.21. The van der Waals surface area contributed by atoms with Gasteiger partial charge in [0.1, 0.15) is 29.9 Å². The zero-order valence-electron chi connectivity index (χ0n) is 29.8. The first-order valence-corrected chi connectivity index (χ1v) is 17.8. The number of likely N-dealkylation sites (N-methyl/N-ethyl adjacent to an activating group) is 1. The fourth-order valence-electron chi connectivity index (χ4n) is 6.11. The summed E-state index contributed by atoms with van der Waals surface area (Å²) in [5, 5.41) is 20.6. The Kier molecular flexibility index (Phi) is 14.9. The molecule has 1 heterocycles. The molecule has 1 fully saturated rings. The van der Waals surface area contributed by atoms with Gasteiger partial charge in [0.05, 0.1) is 6.04 Å². The molecule has 0 aliphatic carbocycles. The van der Waals surface area contributed by atoms with Crippen LogP contribution in [-0.2, 0) is 48.0 Å². The number of phenolic OH excluding ortho intramolecular Hbond substituents is 1. The van der Waals surface area contributed by atoms with Gasteiger partial charge in [0, 0.05) is 32.9 Å². The maximum Gasteiger partial charge on any atom is 0.245 e. The Morgan fingerprint density at radius 2 is 1.45 bits per heavy atom. The molecule has 5 atom stereocenters. The monoisotopic (exact) mass is 727 g/mol. The number of phenols is 1. The van der Waals surface area contributed by atoms with Gasteiger partial charge in [-0.05, 0) is 60.9 Å². The molecule has 3 aromatic carbocycles. The van der Waals surface area contributed by atoms with Crippen molar-refractivity contribution in [3.63, 3.8) is 0 Å². The maximum atomic E-state index is 14.3. The lowest BCUT2D eigenvalue weighted by Crippen LogP contribution is -2.60. The molecule has 0 saturated carbocycles. The lowest BCUT2D eigenvalue weighted by Gasteiger charge is -2.32. The van der Waals surface area contributed by atoms with Crippen molar-refractivity contribution < 1.29 is 33.9 Å². The van der Waals surface area contributed by atoms with Gasteiger partial charge < -0.3 is 42.7 Å². The standard InChI is InChI=1S/C39H49N7O7/c1-46-33(24-26-12-6-3-7-13-26)38(52)45-32(23-25-10-4-2-5-11-25)37(51)43-30(35(41)49)14-8-9-21-42-34(48)20-19-31(39(46)53)44-36(50)29(40)22-27-15-17-28(47)18-16-27/h2-7,10-13,15-18,29-33,47H,8-9,14,19-24,40H2,1H3,(H2,41,49)(H,42,48)(H,43,51)(H,44,50)(H,45,52)/t29-,30-,31+,32-,33-/m0/s1. The number of carbonyl (C=O) groups is 6. The number of nitrogens with one attached hydrogen (secondary N) is 4. The van der Waals surface area contributed by atoms with E-state index >= 15 is 0 Å². The van der Waals surface area contributed by atoms with Crippen molar-refractivity contribution >= 4 is 35.4 Å². The number of primary amides is 1. The van der Waals surface area contributed by atoms with Crippen molar-refractivity contribution in [2.75, 3.05) is 13.6 Å². The van der Waals surface area contributed by atoms with Crippen molar-refractivity contribution in [2.24, 2.45) is 11.5 Å². The Morgan fingerprint density at radius 1 is 0.830 bits per heavy atom. The van der Waals surface area contributed by atoms with Crippen molar-refractivity contribution in [3.05, 3.63) is 102 Å². The van der Waals surface area contributed by atoms with E-state index in [0.717, 1.165) is 11.1 Å². The summed E-state index contributed by atoms with van der Waals surface area (Å²) >= 11 is 0. The number of rotatable bonds is 9. The van der Waals surface area contributed by atoms with Gasteiger partial charge in [0.15, 0.2) is 0 Å². The van der Waals surface area contributed by atoms with Crippen molar-refractivity contribution in [3.8, 4) is 5.75 Å². The third kappa shape index (κ3) is 12.5. The van der Waals surface area contributed by atoms with E-state index in [9.17, 15) is 33.9 Å². The Balaban J connectivity index is 1.66. The van der Waals surface area contributed by atoms with Crippen LogP contribution in [0.3, 0.4) is 0 Å². The quantitative estimate of drug-likeness (QED) is 0.165. The SMILES string of the molecule is CN1C(=O)[C@H](NC(=O)[C@@H](N)Cc2ccc(O)cc2)CCC(=O)NCCCC[C@@H](C(N)=O)NC(=O)[C@H](Cc2ccccc2)NC(=O)[C@@H]1Cc1ccccc1. The van der Waals surface area contributed by atoms with Gasteiger partial charge in [-0.3, -0.25) is 28.8 Å². The van der Waals surface area contributed by atoms with Gasteiger partial charge in [0.25, 0.3) is 0 Å². The third-order valence-electron chi connectivity index (χ3n) is 9.21. The van der Waals surface area contributed by atoms with Crippen molar-refractivity contribution in [2.45, 2.75) is 81.6 Å². The van der Waals surface area contributed by atoms with E-state index in [1.807, 2.05) is 24.3 Å². The molecule has 282 valence electrons. The molecule has 3 aromatic rings. The van der Waals surface area contributed by atoms with E-state index < -0.39 is 59.7 Å². The Bertz CT molecular complexity index is 1710. The molecule has 9 N–H and O–H groups in total. The number of aromatic hydroxyl groups is 1. The maximum absolute atomic E-state index is 14.3. The van der Waals surface area contributed by atoms with Crippen molar-refractivity contribution in [1.29, 1.82) is 0 Å². The highest BCUT2D eigenvalue weighted by atomic mass is 16.3. The summed E-state index contributed by atoms with van der Waals surface area (Å²) in [6.45, 7) is 0.270. The van der Waals surface area contributed by atoms with Gasteiger partial charge in [-0.2, -0.15) is 0 Å². The predicted molar refractivity (Wildman–Crippen MR) is 198 cm³/mol. The Morgan fingerprint density at radius 3 is 2.08 bits per heavy atom. The number of benzene rings is 3. The highest BCUT2D eigenvalue weighted by Crippen LogP contribution is 2.15. The number of carbonyl (C=O) groups excluding carboxylic acids is 6. The van der Waals surface area contributed by atoms with Crippen LogP contribution in [0.15, 0.2) is 84.9 Å². The molecule has 0 aromatic heterocycles. The summed E-state index contributed by atoms with van der Waals surface area (Å²) in [4.78, 5) is 82.2. The zero-order valence-corrected chi connectivity index (χ0v) is 29.8. The second kappa shape index (κ2) is 19.7. The first-order chi connectivity index (χ1) is 25.4. The van der Waals surface area contributed by atoms with Gasteiger partial charge in [0.2, 0.25) is 35.4 Å². The summed E-state index contributed by atoms with van der Waals surface area (Å²) in [6, 6.07) is 18.7. The van der Waals surface area contributed by atoms with Crippen LogP contribution in [0.1, 0.15) is 48.8 Å². The highest BCUT2D eigenvalue weighted by Gasteiger charge is 2.35. The largest absolute Gasteiger partial charge is 0.508 e. The van der Waals surface area contributed by atoms with Crippen molar-refractivity contribution in [1.82, 2.24) is 26.2 Å². The summed E-state index contributed by atoms with van der Waals surface area (Å²) in [5.74, 6) is -3.59. The molecule has 53 heavy (non-hydrogen) atoms. The van der Waals surface area contributed by atoms with E-state index in [0.29, 0.717) is 18.4 Å². The number of hydrogen-bond acceptors (Lipinski definition) is 8. The van der Waals surface area contributed by atoms with Crippen LogP contribution < -0.4 is 32.7 Å². The molecule has 1 aliphatic heterocycles. The van der Waals surface area contributed by atoms with E-state index in [-0.39, 0.29) is 56.7 Å². The molecule has 0 bridgehead atoms. The summed E-state index contributed by atoms with van der Waals surface area (Å²) in [7, 11) is 1.43. The lowest BCUT2D eigenvalue weighted by atomic mass is 9.99. The van der Waals surface area contributed by atoms with E-state index in [2.05, 4.69) is 21.3 Å². The second-order valence-corrected chi connectivity index (χ2v) is 13.3. The minimum absolute atomic E-state index is 0.0556. The normalized spacial score (nSPS) is 21.6. The van der Waals surface area contributed by atoms with Gasteiger partial charge in [-0.25, -0.2) is 0 Å². The van der Waals surface area contributed by atoms with Crippen LogP contribution in [0.2, 0.25) is 0 Å². The minimum Gasteiger partial charge on any atom is -0.508 e. The average Bonchev–Trinajstić information content (AvgIpc) is 3.15. The minimum atomic E-state index is -1.23. The van der Waals surface area contributed by atoms with Crippen LogP contribution >= 0.6 is 0 Å². The Labute approximate surface area is 309 Å². The molecule has 1 aliphatic rings. The summed E-state index contributed by atoms with van der Waals surface area (Å²) < 4.78 is 0. The number of nitrogens with zero attached hydrogens (tertiary/aromatic N) is 1. The zero-order chi connectivity index (χ0) is 38.3. The topological polar surface area (TPSA) is 226 Å². The molecule has 14 heteroatoms. The molecule has 0 radical (unpaired) electrons. The van der Waals surface area contributed by atoms with E-state index in [1.165, 1.54) is 24.1 Å². The highest BCUT2D eigenvalue weighted by molar-refractivity contribution is 5.96. The Hall–Kier alpha value is -5.76. The number of amides is 6. The van der Waals surface area contributed by atoms with Crippen LogP contribution in [-0.4, -0.2) is 89.3 Å². The molecule has 1 saturated heterocycles. The average molecular weight is 728 g/mol. The summed E-state index contributed by atoms with van der Waals surface area (Å²) in [6.07, 6.45) is 1.19. The molecule has 6 amide bonds. The first-order valence-electron chi connectivity index (χ1n) is 17.8. The van der Waals surface area contributed by atoms with Gasteiger partial charge >= 0.3 is 0 Å². The molecule has 14 nitrogen and oxygen atoms in total. The van der Waals surface area contributed by atoms with Crippen LogP contribution in [0, 0.1) is 0 Å². The first kappa shape index (κ1) is 40.0. The van der Waals surface area contributed by atoms with Gasteiger partial charge in [-0.15, -0.1) is 0 Å². The second-order valence-electron chi connectivity index (χ2n) is 13.3. The predicted octanol–water partition coefficient (Wildman–Crippen LogP) is 0.594. The fourth-order valence-corrected chi connectivity index (χ4v) is 6.11. The molecule has 4 rings (SSSR count). The smallest absolute Gasteiger partial charge is 0.245 e. The number of nitrogens with two attached hydrogens (primary N) is 2. The number of hydrogen-bond donors (Lipinski definition) is 7. The molecular formula is C39H49N7O7. The summed E-state index contributed by atoms with van der Waals surface area (Å²) in [5.41, 5.74) is 14.1. The van der Waals surface area contributed by atoms with Crippen LogP contribution in [0.5, 0.6) is 5.75 Å². The van der Waals surface area contributed by atoms with Crippen LogP contribution in [0.4, 0.5) is 0 Å². The van der Waals surface area contributed by atoms with E-state index in [1.54, 1.807) is 48.5 Å². The molecule has 0 unspecified atom stereocenters. The fraction of sp³-hybridized carbons (Fsp3) is 0.385. The molecule has 0 spiro atoms. The molecular weight excluding hydrogens is 678 g/mol. The van der Waals surface area contributed by atoms with Crippen LogP contribution in [0.25, 0.3) is 0 Å².